The predicted octanol–water partition coefficient (Wildman–Crippen LogP) is 1.02. The van der Waals surface area contributed by atoms with Crippen LogP contribution in [0.1, 0.15) is 0 Å². The first kappa shape index (κ1) is 10.6. The van der Waals surface area contributed by atoms with Gasteiger partial charge < -0.3 is 10.5 Å². The minimum Gasteiger partial charge on any atom is -0.399 e. The molecule has 0 spiro atoms. The molecule has 0 saturated carbocycles. The molecule has 0 aliphatic heterocycles. The Hall–Kier alpha value is -1.31. The van der Waals surface area contributed by atoms with Gasteiger partial charge in [0.15, 0.2) is 0 Å². The van der Waals surface area contributed by atoms with Crippen molar-refractivity contribution in [1.82, 2.24) is 0 Å². The van der Waals surface area contributed by atoms with Crippen LogP contribution in [0.4, 0.5) is 0 Å². The third-order valence-electron chi connectivity index (χ3n) is 0.546. The first-order valence-corrected chi connectivity index (χ1v) is 2.30. The minimum absolute atomic E-state index is 0.648. The minimum atomic E-state index is 0.648. The molecule has 0 aromatic heterocycles. The van der Waals surface area contributed by atoms with Crippen LogP contribution in [0.3, 0.4) is 0 Å². The molecule has 0 rings (SSSR count). The van der Waals surface area contributed by atoms with Crippen LogP contribution in [0.15, 0.2) is 37.1 Å². The van der Waals surface area contributed by atoms with Gasteiger partial charge in [-0.05, 0) is 12.2 Å². The van der Waals surface area contributed by atoms with Crippen LogP contribution in [0.5, 0.6) is 0 Å². The normalized spacial score (nSPS) is 8.67. The summed E-state index contributed by atoms with van der Waals surface area (Å²) in [6, 6.07) is 0. The zero-order valence-electron chi connectivity index (χ0n) is 5.34. The lowest BCUT2D eigenvalue weighted by molar-refractivity contribution is -0.0979. The highest BCUT2D eigenvalue weighted by Crippen LogP contribution is 1.81. The zero-order chi connectivity index (χ0) is 7.70. The van der Waals surface area contributed by atoms with Gasteiger partial charge in [0.1, 0.15) is 6.79 Å². The Kier molecular flexibility index (Phi) is 11.6. The Bertz CT molecular complexity index is 116. The number of allylic oxidation sites excluding steroid dienone is 3. The molecule has 2 heteroatoms. The fraction of sp³-hybridized carbons (Fsp3) is 0. The van der Waals surface area contributed by atoms with Gasteiger partial charge >= 0.3 is 0 Å². The average Bonchev–Trinajstić information content (AvgIpc) is 1.93. The molecule has 9 heavy (non-hydrogen) atoms. The standard InChI is InChI=1S/C6H9N.CH2O/c1-3-5-6(7)4-2;1-2/h3-5H,1-2,7H2;1H2/b6-5+;. The van der Waals surface area contributed by atoms with E-state index in [0.29, 0.717) is 5.70 Å². The van der Waals surface area contributed by atoms with Gasteiger partial charge in [-0.25, -0.2) is 0 Å². The van der Waals surface area contributed by atoms with Crippen LogP contribution in [-0.2, 0) is 4.79 Å². The van der Waals surface area contributed by atoms with Crippen molar-refractivity contribution in [3.05, 3.63) is 37.1 Å². The summed E-state index contributed by atoms with van der Waals surface area (Å²) in [6.45, 7) is 8.88. The van der Waals surface area contributed by atoms with Crippen molar-refractivity contribution in [2.45, 2.75) is 0 Å². The monoisotopic (exact) mass is 125 g/mol. The molecule has 0 heterocycles. The number of carbonyl (C=O) groups excluding carboxylic acids is 1. The second-order valence-electron chi connectivity index (χ2n) is 1.11. The Morgan fingerprint density at radius 3 is 1.89 bits per heavy atom. The molecule has 0 aliphatic carbocycles. The molecule has 0 saturated heterocycles. The van der Waals surface area contributed by atoms with Crippen LogP contribution in [0, 0.1) is 0 Å². The fourth-order valence-electron chi connectivity index (χ4n) is 0.204. The van der Waals surface area contributed by atoms with E-state index in [1.807, 2.05) is 6.79 Å². The Morgan fingerprint density at radius 2 is 1.78 bits per heavy atom. The Labute approximate surface area is 55.4 Å². The summed E-state index contributed by atoms with van der Waals surface area (Å²) in [7, 11) is 0. The van der Waals surface area contributed by atoms with Gasteiger partial charge in [0, 0.05) is 5.70 Å². The van der Waals surface area contributed by atoms with E-state index >= 15 is 0 Å². The van der Waals surface area contributed by atoms with E-state index in [1.54, 1.807) is 18.2 Å². The third-order valence-corrected chi connectivity index (χ3v) is 0.546. The van der Waals surface area contributed by atoms with E-state index in [4.69, 9.17) is 10.5 Å². The summed E-state index contributed by atoms with van der Waals surface area (Å²) in [6.07, 6.45) is 4.88. The molecular weight excluding hydrogens is 114 g/mol. The lowest BCUT2D eigenvalue weighted by Crippen LogP contribution is -1.89. The van der Waals surface area contributed by atoms with E-state index < -0.39 is 0 Å². The topological polar surface area (TPSA) is 43.1 Å². The van der Waals surface area contributed by atoms with Gasteiger partial charge in [-0.15, -0.1) is 0 Å². The van der Waals surface area contributed by atoms with Crippen LogP contribution >= 0.6 is 0 Å². The predicted molar refractivity (Wildman–Crippen MR) is 39.8 cm³/mol. The highest BCUT2D eigenvalue weighted by atomic mass is 16.1. The summed E-state index contributed by atoms with van der Waals surface area (Å²) < 4.78 is 0. The molecule has 0 bridgehead atoms. The molecule has 0 aliphatic rings. The van der Waals surface area contributed by atoms with E-state index in [1.165, 1.54) is 0 Å². The highest BCUT2D eigenvalue weighted by molar-refractivity contribution is 5.16. The van der Waals surface area contributed by atoms with E-state index in [0.717, 1.165) is 0 Å². The van der Waals surface area contributed by atoms with Crippen LogP contribution < -0.4 is 5.73 Å². The van der Waals surface area contributed by atoms with E-state index in [2.05, 4.69) is 13.2 Å². The van der Waals surface area contributed by atoms with Gasteiger partial charge in [0.2, 0.25) is 0 Å². The van der Waals surface area contributed by atoms with Crippen molar-refractivity contribution in [2.75, 3.05) is 0 Å². The number of carbonyl (C=O) groups is 1. The summed E-state index contributed by atoms with van der Waals surface area (Å²) in [5.41, 5.74) is 5.90. The molecule has 50 valence electrons. The largest absolute Gasteiger partial charge is 0.399 e. The van der Waals surface area contributed by atoms with Crippen molar-refractivity contribution in [1.29, 1.82) is 0 Å². The first-order valence-electron chi connectivity index (χ1n) is 2.30. The maximum Gasteiger partial charge on any atom is 0.106 e. The van der Waals surface area contributed by atoms with Gasteiger partial charge in [-0.1, -0.05) is 19.2 Å². The van der Waals surface area contributed by atoms with Gasteiger partial charge in [0.25, 0.3) is 0 Å². The molecule has 2 N–H and O–H groups in total. The van der Waals surface area contributed by atoms with Crippen LogP contribution in [-0.4, -0.2) is 6.79 Å². The zero-order valence-corrected chi connectivity index (χ0v) is 5.34. The van der Waals surface area contributed by atoms with Crippen molar-refractivity contribution in [3.8, 4) is 0 Å². The SMILES string of the molecule is C=C/C=C(/N)C=C.C=O. The molecule has 2 nitrogen and oxygen atoms in total. The fourth-order valence-corrected chi connectivity index (χ4v) is 0.204. The molecular formula is C7H11NO. The van der Waals surface area contributed by atoms with E-state index in [-0.39, 0.29) is 0 Å². The van der Waals surface area contributed by atoms with Crippen molar-refractivity contribution >= 4 is 6.79 Å². The summed E-state index contributed by atoms with van der Waals surface area (Å²) >= 11 is 0. The van der Waals surface area contributed by atoms with Crippen molar-refractivity contribution in [2.24, 2.45) is 5.73 Å². The molecule has 0 atom stereocenters. The number of nitrogens with two attached hydrogens (primary N) is 1. The number of rotatable bonds is 2. The summed E-state index contributed by atoms with van der Waals surface area (Å²) in [5, 5.41) is 0. The summed E-state index contributed by atoms with van der Waals surface area (Å²) in [4.78, 5) is 8.00. The number of hydrogen-bond donors (Lipinski definition) is 1. The van der Waals surface area contributed by atoms with Gasteiger partial charge in [-0.2, -0.15) is 0 Å². The second kappa shape index (κ2) is 9.85. The van der Waals surface area contributed by atoms with Gasteiger partial charge in [0.05, 0.1) is 0 Å². The third kappa shape index (κ3) is 10.8. The Morgan fingerprint density at radius 1 is 1.33 bits per heavy atom. The van der Waals surface area contributed by atoms with Crippen molar-refractivity contribution in [3.63, 3.8) is 0 Å². The smallest absolute Gasteiger partial charge is 0.106 e. The second-order valence-corrected chi connectivity index (χ2v) is 1.11. The number of hydrogen-bond acceptors (Lipinski definition) is 2. The molecule has 0 unspecified atom stereocenters. The maximum absolute atomic E-state index is 8.00. The lowest BCUT2D eigenvalue weighted by atomic mass is 10.4. The summed E-state index contributed by atoms with van der Waals surface area (Å²) in [5.74, 6) is 0. The Balaban J connectivity index is 0. The first-order chi connectivity index (χ1) is 4.31. The van der Waals surface area contributed by atoms with Crippen molar-refractivity contribution < 1.29 is 4.79 Å². The molecule has 0 radical (unpaired) electrons. The van der Waals surface area contributed by atoms with Crippen LogP contribution in [0.2, 0.25) is 0 Å². The molecule has 0 aromatic rings. The molecule has 0 amide bonds. The quantitative estimate of drug-likeness (QED) is 0.560. The molecule has 0 fully saturated rings. The lowest BCUT2D eigenvalue weighted by Gasteiger charge is -1.81. The maximum atomic E-state index is 8.00. The molecule has 0 aromatic carbocycles. The highest BCUT2D eigenvalue weighted by Gasteiger charge is 1.69. The van der Waals surface area contributed by atoms with E-state index in [9.17, 15) is 0 Å². The van der Waals surface area contributed by atoms with Crippen LogP contribution in [0.25, 0.3) is 0 Å². The van der Waals surface area contributed by atoms with Gasteiger partial charge in [-0.3, -0.25) is 0 Å². The average molecular weight is 125 g/mol.